The number of aliphatic hydroxyl groups is 1. The Balaban J connectivity index is 1.65. The molecule has 2 atom stereocenters. The van der Waals surface area contributed by atoms with Gasteiger partial charge in [0.1, 0.15) is 4.21 Å². The summed E-state index contributed by atoms with van der Waals surface area (Å²) < 4.78 is 67.6. The fourth-order valence-electron chi connectivity index (χ4n) is 4.54. The number of halogens is 3. The number of amides is 1. The third-order valence-corrected chi connectivity index (χ3v) is 10.6. The summed E-state index contributed by atoms with van der Waals surface area (Å²) in [6.45, 7) is 4.94. The molecule has 40 heavy (non-hydrogen) atoms. The minimum Gasteiger partial charge on any atom is -0.376 e. The minimum absolute atomic E-state index is 0.0230. The molecular formula is C22H28F3N7O6S2. The second kappa shape index (κ2) is 10.5. The van der Waals surface area contributed by atoms with E-state index in [4.69, 9.17) is 0 Å². The highest BCUT2D eigenvalue weighted by Gasteiger charge is 2.52. The van der Waals surface area contributed by atoms with E-state index in [0.717, 1.165) is 18.5 Å². The van der Waals surface area contributed by atoms with Gasteiger partial charge in [0.15, 0.2) is 5.60 Å². The average Bonchev–Trinajstić information content (AvgIpc) is 3.38. The van der Waals surface area contributed by atoms with Crippen LogP contribution in [0, 0.1) is 10.1 Å². The number of carbonyl (C=O) groups excluding carboxylic acids is 1. The number of sulfonamides is 1. The van der Waals surface area contributed by atoms with Crippen LogP contribution in [-0.4, -0.2) is 101 Å². The van der Waals surface area contributed by atoms with E-state index in [2.05, 4.69) is 15.3 Å². The molecule has 13 nitrogen and oxygen atoms in total. The maximum Gasteiger partial charge on any atom is 0.421 e. The number of nitrogens with zero attached hydrogens (tertiary/aromatic N) is 6. The Morgan fingerprint density at radius 1 is 1.23 bits per heavy atom. The first-order chi connectivity index (χ1) is 18.5. The maximum atomic E-state index is 13.4. The number of carbonyl (C=O) groups is 1. The lowest BCUT2D eigenvalue weighted by molar-refractivity contribution is -0.380. The van der Waals surface area contributed by atoms with Crippen LogP contribution in [0.4, 0.5) is 24.1 Å². The molecule has 4 heterocycles. The van der Waals surface area contributed by atoms with Crippen LogP contribution in [0.15, 0.2) is 28.7 Å². The van der Waals surface area contributed by atoms with Crippen LogP contribution in [0.3, 0.4) is 0 Å². The number of alkyl halides is 3. The summed E-state index contributed by atoms with van der Waals surface area (Å²) in [5, 5.41) is 23.5. The van der Waals surface area contributed by atoms with Crippen molar-refractivity contribution >= 4 is 38.2 Å². The van der Waals surface area contributed by atoms with Crippen molar-refractivity contribution in [1.82, 2.24) is 24.5 Å². The summed E-state index contributed by atoms with van der Waals surface area (Å²) in [7, 11) is -4.11. The predicted molar refractivity (Wildman–Crippen MR) is 137 cm³/mol. The molecular weight excluding hydrogens is 579 g/mol. The standard InChI is InChI=1S/C22H28F3N7O6S2/c1-20(2)18(33)26-6-7-29(20)12-15-13-30(40(37,38)17-5-4-16(39-17)32(35)36)8-9-31(15)19-27-10-14(11-28-19)21(3,34)22(23,24)25/h4-5,10-11,15,34H,6-9,12-13H2,1-3H3,(H,26,33)/t15-,21?/m0/s1. The number of hydrogen-bond acceptors (Lipinski definition) is 11. The largest absolute Gasteiger partial charge is 0.421 e. The molecule has 1 unspecified atom stereocenters. The molecule has 0 aromatic carbocycles. The van der Waals surface area contributed by atoms with Gasteiger partial charge in [-0.3, -0.25) is 19.8 Å². The number of aromatic nitrogens is 2. The van der Waals surface area contributed by atoms with Gasteiger partial charge in [0.2, 0.25) is 11.9 Å². The Labute approximate surface area is 231 Å². The third-order valence-electron chi connectivity index (χ3n) is 7.24. The summed E-state index contributed by atoms with van der Waals surface area (Å²) in [6, 6.07) is 1.65. The van der Waals surface area contributed by atoms with Crippen LogP contribution in [0.1, 0.15) is 26.3 Å². The van der Waals surface area contributed by atoms with Crippen LogP contribution in [0.25, 0.3) is 0 Å². The van der Waals surface area contributed by atoms with E-state index in [1.165, 1.54) is 10.4 Å². The first kappa shape index (κ1) is 30.0. The van der Waals surface area contributed by atoms with Gasteiger partial charge < -0.3 is 15.3 Å². The van der Waals surface area contributed by atoms with Crippen molar-refractivity contribution in [2.75, 3.05) is 44.2 Å². The van der Waals surface area contributed by atoms with Crippen LogP contribution >= 0.6 is 11.3 Å². The molecule has 18 heteroatoms. The predicted octanol–water partition coefficient (Wildman–Crippen LogP) is 1.31. The molecule has 0 saturated carbocycles. The minimum atomic E-state index is -4.96. The zero-order valence-corrected chi connectivity index (χ0v) is 23.4. The van der Waals surface area contributed by atoms with E-state index in [0.29, 0.717) is 31.4 Å². The van der Waals surface area contributed by atoms with E-state index >= 15 is 0 Å². The van der Waals surface area contributed by atoms with E-state index in [1.54, 1.807) is 18.7 Å². The van der Waals surface area contributed by atoms with Crippen molar-refractivity contribution in [3.8, 4) is 0 Å². The lowest BCUT2D eigenvalue weighted by Crippen LogP contribution is -2.66. The monoisotopic (exact) mass is 607 g/mol. The normalized spacial score (nSPS) is 22.5. The number of anilines is 1. The molecule has 0 radical (unpaired) electrons. The molecule has 2 aromatic heterocycles. The number of piperazine rings is 2. The molecule has 0 aliphatic carbocycles. The van der Waals surface area contributed by atoms with Crippen molar-refractivity contribution in [2.24, 2.45) is 0 Å². The molecule has 0 spiro atoms. The number of nitrogens with one attached hydrogen (secondary N) is 1. The van der Waals surface area contributed by atoms with Gasteiger partial charge in [-0.2, -0.15) is 17.5 Å². The topological polar surface area (TPSA) is 162 Å². The number of hydrogen-bond donors (Lipinski definition) is 2. The van der Waals surface area contributed by atoms with Gasteiger partial charge in [-0.25, -0.2) is 18.4 Å². The van der Waals surface area contributed by atoms with Gasteiger partial charge in [0.25, 0.3) is 10.0 Å². The zero-order valence-electron chi connectivity index (χ0n) is 21.8. The first-order valence-electron chi connectivity index (χ1n) is 12.1. The van der Waals surface area contributed by atoms with Gasteiger partial charge in [0.05, 0.1) is 16.5 Å². The Morgan fingerprint density at radius 3 is 2.45 bits per heavy atom. The van der Waals surface area contributed by atoms with Crippen molar-refractivity contribution in [3.05, 3.63) is 40.2 Å². The second-order valence-electron chi connectivity index (χ2n) is 10.2. The fourth-order valence-corrected chi connectivity index (χ4v) is 7.27. The van der Waals surface area contributed by atoms with Crippen LogP contribution in [0.5, 0.6) is 0 Å². The van der Waals surface area contributed by atoms with E-state index in [-0.39, 0.29) is 47.2 Å². The van der Waals surface area contributed by atoms with E-state index < -0.39 is 43.9 Å². The highest BCUT2D eigenvalue weighted by Crippen LogP contribution is 2.38. The highest BCUT2D eigenvalue weighted by molar-refractivity contribution is 7.91. The molecule has 2 aliphatic heterocycles. The number of rotatable bonds is 7. The summed E-state index contributed by atoms with van der Waals surface area (Å²) >= 11 is 0.536. The molecule has 2 aliphatic rings. The molecule has 2 saturated heterocycles. The quantitative estimate of drug-likeness (QED) is 0.347. The highest BCUT2D eigenvalue weighted by atomic mass is 32.2. The third kappa shape index (κ3) is 5.50. The summed E-state index contributed by atoms with van der Waals surface area (Å²) in [4.78, 5) is 34.6. The molecule has 0 bridgehead atoms. The van der Waals surface area contributed by atoms with Crippen molar-refractivity contribution in [1.29, 1.82) is 0 Å². The van der Waals surface area contributed by atoms with Gasteiger partial charge in [-0.15, -0.1) is 0 Å². The van der Waals surface area contributed by atoms with Gasteiger partial charge >= 0.3 is 11.2 Å². The van der Waals surface area contributed by atoms with Crippen LogP contribution < -0.4 is 10.2 Å². The number of thiophene rings is 1. The number of nitro groups is 1. The summed E-state index contributed by atoms with van der Waals surface area (Å²) in [5.74, 6) is -0.193. The molecule has 1 amide bonds. The van der Waals surface area contributed by atoms with Crippen LogP contribution in [-0.2, 0) is 20.4 Å². The Hall–Kier alpha value is -2.93. The zero-order chi connectivity index (χ0) is 29.7. The lowest BCUT2D eigenvalue weighted by Gasteiger charge is -2.47. The Bertz CT molecular complexity index is 1380. The maximum absolute atomic E-state index is 13.4. The molecule has 4 rings (SSSR count). The van der Waals surface area contributed by atoms with E-state index in [9.17, 15) is 41.6 Å². The smallest absolute Gasteiger partial charge is 0.376 e. The Morgan fingerprint density at radius 2 is 1.88 bits per heavy atom. The van der Waals surface area contributed by atoms with Crippen molar-refractivity contribution < 1.29 is 36.4 Å². The average molecular weight is 608 g/mol. The molecule has 2 aromatic rings. The summed E-state index contributed by atoms with van der Waals surface area (Å²) in [6.07, 6.45) is -3.21. The molecule has 2 fully saturated rings. The van der Waals surface area contributed by atoms with Gasteiger partial charge in [-0.05, 0) is 38.2 Å². The molecule has 2 N–H and O–H groups in total. The van der Waals surface area contributed by atoms with Crippen molar-refractivity contribution in [3.63, 3.8) is 0 Å². The lowest BCUT2D eigenvalue weighted by atomic mass is 9.97. The Kier molecular flexibility index (Phi) is 7.87. The van der Waals surface area contributed by atoms with Crippen molar-refractivity contribution in [2.45, 2.75) is 48.3 Å². The van der Waals surface area contributed by atoms with Gasteiger partial charge in [-0.1, -0.05) is 0 Å². The SMILES string of the molecule is CC1(C)C(=O)NCCN1C[C@H]1CN(S(=O)(=O)c2ccc([N+](=O)[O-])s2)CCN1c1ncc(C(C)(O)C(F)(F)F)cn1. The van der Waals surface area contributed by atoms with Crippen LogP contribution in [0.2, 0.25) is 0 Å². The first-order valence-corrected chi connectivity index (χ1v) is 14.4. The second-order valence-corrected chi connectivity index (χ2v) is 13.4. The molecule has 220 valence electrons. The van der Waals surface area contributed by atoms with Gasteiger partial charge in [0, 0.05) is 63.3 Å². The van der Waals surface area contributed by atoms with E-state index in [1.807, 2.05) is 4.90 Å². The summed E-state index contributed by atoms with van der Waals surface area (Å²) in [5.41, 5.74) is -4.67. The fraction of sp³-hybridized carbons (Fsp3) is 0.591.